The first-order valence-electron chi connectivity index (χ1n) is 4.54. The van der Waals surface area contributed by atoms with Gasteiger partial charge in [0.05, 0.1) is 0 Å². The lowest BCUT2D eigenvalue weighted by molar-refractivity contribution is 0.110. The summed E-state index contributed by atoms with van der Waals surface area (Å²) in [5, 5.41) is 0. The molecule has 0 saturated carbocycles. The molecule has 76 valence electrons. The zero-order valence-electron chi connectivity index (χ0n) is 7.94. The predicted molar refractivity (Wildman–Crippen MR) is 54.3 cm³/mol. The van der Waals surface area contributed by atoms with Crippen molar-refractivity contribution in [3.63, 3.8) is 0 Å². The number of halogens is 1. The average Bonchev–Trinajstić information content (AvgIpc) is 2.77. The van der Waals surface area contributed by atoms with E-state index in [1.54, 1.807) is 36.4 Å². The molecule has 2 aromatic rings. The van der Waals surface area contributed by atoms with Crippen LogP contribution in [0.3, 0.4) is 0 Å². The van der Waals surface area contributed by atoms with Gasteiger partial charge in [0.2, 0.25) is 0 Å². The maximum Gasteiger partial charge on any atom is 0.185 e. The van der Waals surface area contributed by atoms with E-state index >= 15 is 0 Å². The minimum Gasteiger partial charge on any atom is -0.453 e. The SMILES string of the molecule is O=Cc1ccc(-c2ccccc2CF)o1. The van der Waals surface area contributed by atoms with Crippen LogP contribution in [0, 0.1) is 0 Å². The minimum absolute atomic E-state index is 0.249. The van der Waals surface area contributed by atoms with Gasteiger partial charge in [-0.05, 0) is 17.7 Å². The van der Waals surface area contributed by atoms with Crippen LogP contribution in [0.15, 0.2) is 40.8 Å². The molecule has 1 aromatic heterocycles. The molecule has 0 spiro atoms. The van der Waals surface area contributed by atoms with Crippen LogP contribution in [0.4, 0.5) is 4.39 Å². The standard InChI is InChI=1S/C12H9FO2/c13-7-9-3-1-2-4-11(9)12-6-5-10(8-14)15-12/h1-6,8H,7H2. The quantitative estimate of drug-likeness (QED) is 0.718. The molecule has 0 N–H and O–H groups in total. The number of rotatable bonds is 3. The first kappa shape index (κ1) is 9.65. The molecular formula is C12H9FO2. The van der Waals surface area contributed by atoms with Crippen molar-refractivity contribution >= 4 is 6.29 Å². The maximum absolute atomic E-state index is 12.6. The summed E-state index contributed by atoms with van der Waals surface area (Å²) >= 11 is 0. The summed E-state index contributed by atoms with van der Waals surface area (Å²) in [6.45, 7) is -0.548. The number of furan rings is 1. The summed E-state index contributed by atoms with van der Waals surface area (Å²) in [6, 6.07) is 10.3. The van der Waals surface area contributed by atoms with Crippen molar-refractivity contribution < 1.29 is 13.6 Å². The van der Waals surface area contributed by atoms with Crippen LogP contribution in [0.25, 0.3) is 11.3 Å². The molecule has 1 aromatic carbocycles. The minimum atomic E-state index is -0.548. The topological polar surface area (TPSA) is 30.2 Å². The number of alkyl halides is 1. The molecule has 0 unspecified atom stereocenters. The van der Waals surface area contributed by atoms with E-state index < -0.39 is 6.67 Å². The molecule has 0 atom stereocenters. The molecule has 0 aliphatic rings. The second-order valence-corrected chi connectivity index (χ2v) is 3.11. The highest BCUT2D eigenvalue weighted by Gasteiger charge is 2.08. The highest BCUT2D eigenvalue weighted by Crippen LogP contribution is 2.25. The largest absolute Gasteiger partial charge is 0.453 e. The van der Waals surface area contributed by atoms with E-state index in [1.807, 2.05) is 0 Å². The maximum atomic E-state index is 12.6. The summed E-state index contributed by atoms with van der Waals surface area (Å²) in [5.74, 6) is 0.768. The molecule has 0 aliphatic heterocycles. The summed E-state index contributed by atoms with van der Waals surface area (Å²) in [4.78, 5) is 10.4. The van der Waals surface area contributed by atoms with Gasteiger partial charge in [-0.3, -0.25) is 4.79 Å². The van der Waals surface area contributed by atoms with Crippen molar-refractivity contribution in [3.8, 4) is 11.3 Å². The lowest BCUT2D eigenvalue weighted by atomic mass is 10.1. The van der Waals surface area contributed by atoms with E-state index in [2.05, 4.69) is 0 Å². The smallest absolute Gasteiger partial charge is 0.185 e. The second-order valence-electron chi connectivity index (χ2n) is 3.11. The van der Waals surface area contributed by atoms with Crippen molar-refractivity contribution in [2.45, 2.75) is 6.67 Å². The fourth-order valence-electron chi connectivity index (χ4n) is 1.44. The number of aldehydes is 1. The molecule has 0 bridgehead atoms. The van der Waals surface area contributed by atoms with Gasteiger partial charge < -0.3 is 4.42 Å². The summed E-state index contributed by atoms with van der Waals surface area (Å²) in [6.07, 6.45) is 0.627. The Labute approximate surface area is 86.3 Å². The Morgan fingerprint density at radius 1 is 1.20 bits per heavy atom. The monoisotopic (exact) mass is 204 g/mol. The Kier molecular flexibility index (Phi) is 2.63. The molecule has 0 saturated heterocycles. The number of benzene rings is 1. The van der Waals surface area contributed by atoms with Crippen LogP contribution in [-0.4, -0.2) is 6.29 Å². The lowest BCUT2D eigenvalue weighted by Gasteiger charge is -2.02. The van der Waals surface area contributed by atoms with Crippen LogP contribution in [0.2, 0.25) is 0 Å². The number of carbonyl (C=O) groups excluding carboxylic acids is 1. The van der Waals surface area contributed by atoms with Gasteiger partial charge in [0.25, 0.3) is 0 Å². The number of hydrogen-bond acceptors (Lipinski definition) is 2. The van der Waals surface area contributed by atoms with E-state index in [0.29, 0.717) is 23.2 Å². The van der Waals surface area contributed by atoms with Crippen LogP contribution in [0.1, 0.15) is 16.1 Å². The van der Waals surface area contributed by atoms with Gasteiger partial charge in [0.1, 0.15) is 12.4 Å². The van der Waals surface area contributed by atoms with Crippen molar-refractivity contribution in [2.75, 3.05) is 0 Å². The van der Waals surface area contributed by atoms with E-state index in [1.165, 1.54) is 0 Å². The Bertz CT molecular complexity index is 474. The van der Waals surface area contributed by atoms with Crippen LogP contribution in [-0.2, 0) is 6.67 Å². The second kappa shape index (κ2) is 4.09. The molecular weight excluding hydrogens is 195 g/mol. The fourth-order valence-corrected chi connectivity index (χ4v) is 1.44. The van der Waals surface area contributed by atoms with Crippen molar-refractivity contribution in [1.29, 1.82) is 0 Å². The van der Waals surface area contributed by atoms with Crippen molar-refractivity contribution in [1.82, 2.24) is 0 Å². The first-order chi connectivity index (χ1) is 7.35. The van der Waals surface area contributed by atoms with Gasteiger partial charge in [0, 0.05) is 5.56 Å². The molecule has 2 nitrogen and oxygen atoms in total. The first-order valence-corrected chi connectivity index (χ1v) is 4.54. The molecule has 1 heterocycles. The van der Waals surface area contributed by atoms with E-state index in [4.69, 9.17) is 4.42 Å². The van der Waals surface area contributed by atoms with Gasteiger partial charge in [-0.1, -0.05) is 24.3 Å². The third kappa shape index (κ3) is 1.81. The van der Waals surface area contributed by atoms with E-state index in [0.717, 1.165) is 0 Å². The molecule has 15 heavy (non-hydrogen) atoms. The summed E-state index contributed by atoms with van der Waals surface area (Å²) < 4.78 is 17.9. The van der Waals surface area contributed by atoms with E-state index in [9.17, 15) is 9.18 Å². The third-order valence-electron chi connectivity index (χ3n) is 2.17. The van der Waals surface area contributed by atoms with Crippen molar-refractivity contribution in [3.05, 3.63) is 47.7 Å². The average molecular weight is 204 g/mol. The Morgan fingerprint density at radius 3 is 2.67 bits per heavy atom. The number of carbonyl (C=O) groups is 1. The van der Waals surface area contributed by atoms with Crippen molar-refractivity contribution in [2.24, 2.45) is 0 Å². The van der Waals surface area contributed by atoms with Crippen LogP contribution in [0.5, 0.6) is 0 Å². The Morgan fingerprint density at radius 2 is 2.00 bits per heavy atom. The summed E-state index contributed by atoms with van der Waals surface area (Å²) in [5.41, 5.74) is 1.25. The van der Waals surface area contributed by atoms with Crippen LogP contribution >= 0.6 is 0 Å². The molecule has 0 fully saturated rings. The van der Waals surface area contributed by atoms with Gasteiger partial charge in [-0.25, -0.2) is 4.39 Å². The number of hydrogen-bond donors (Lipinski definition) is 0. The Balaban J connectivity index is 2.48. The molecule has 0 aliphatic carbocycles. The van der Waals surface area contributed by atoms with Gasteiger partial charge in [-0.15, -0.1) is 0 Å². The third-order valence-corrected chi connectivity index (χ3v) is 2.17. The van der Waals surface area contributed by atoms with Gasteiger partial charge in [0.15, 0.2) is 12.0 Å². The highest BCUT2D eigenvalue weighted by molar-refractivity contribution is 5.73. The lowest BCUT2D eigenvalue weighted by Crippen LogP contribution is -1.83. The molecule has 0 amide bonds. The molecule has 0 radical (unpaired) electrons. The highest BCUT2D eigenvalue weighted by atomic mass is 19.1. The molecule has 2 rings (SSSR count). The van der Waals surface area contributed by atoms with Gasteiger partial charge in [-0.2, -0.15) is 0 Å². The van der Waals surface area contributed by atoms with Crippen LogP contribution < -0.4 is 0 Å². The molecule has 3 heteroatoms. The van der Waals surface area contributed by atoms with Gasteiger partial charge >= 0.3 is 0 Å². The predicted octanol–water partition coefficient (Wildman–Crippen LogP) is 3.23. The van der Waals surface area contributed by atoms with E-state index in [-0.39, 0.29) is 5.76 Å². The fraction of sp³-hybridized carbons (Fsp3) is 0.0833. The zero-order valence-corrected chi connectivity index (χ0v) is 7.94. The normalized spacial score (nSPS) is 10.2. The Hall–Kier alpha value is -1.90. The zero-order chi connectivity index (χ0) is 10.7. The summed E-state index contributed by atoms with van der Waals surface area (Å²) in [7, 11) is 0.